The zero-order valence-electron chi connectivity index (χ0n) is 11.4. The molecule has 0 amide bonds. The van der Waals surface area contributed by atoms with Crippen molar-refractivity contribution < 1.29 is 4.39 Å². The molecule has 112 valence electrons. The van der Waals surface area contributed by atoms with E-state index in [1.54, 1.807) is 24.9 Å². The predicted octanol–water partition coefficient (Wildman–Crippen LogP) is 3.74. The van der Waals surface area contributed by atoms with Gasteiger partial charge in [0.15, 0.2) is 5.96 Å². The highest BCUT2D eigenvalue weighted by Crippen LogP contribution is 2.21. The maximum atomic E-state index is 13.2. The topological polar surface area (TPSA) is 36.4 Å². The van der Waals surface area contributed by atoms with Gasteiger partial charge in [0, 0.05) is 29.5 Å². The highest BCUT2D eigenvalue weighted by Gasteiger charge is 2.05. The number of thioether (sulfide) groups is 1. The summed E-state index contributed by atoms with van der Waals surface area (Å²) in [6, 6.07) is 4.79. The first-order valence-corrected chi connectivity index (χ1v) is 7.68. The van der Waals surface area contributed by atoms with Crippen LogP contribution in [0.4, 0.5) is 4.39 Å². The largest absolute Gasteiger partial charge is 0.352 e. The van der Waals surface area contributed by atoms with Crippen LogP contribution in [0.5, 0.6) is 0 Å². The van der Waals surface area contributed by atoms with Crippen molar-refractivity contribution in [2.24, 2.45) is 4.99 Å². The van der Waals surface area contributed by atoms with Crippen molar-refractivity contribution in [3.05, 3.63) is 40.6 Å². The second-order valence-corrected chi connectivity index (χ2v) is 5.72. The lowest BCUT2D eigenvalue weighted by Crippen LogP contribution is -2.37. The molecule has 0 atom stereocenters. The van der Waals surface area contributed by atoms with Crippen molar-refractivity contribution in [1.29, 1.82) is 0 Å². The maximum Gasteiger partial charge on any atom is 0.191 e. The highest BCUT2D eigenvalue weighted by atomic mass is 127. The molecule has 20 heavy (non-hydrogen) atoms. The van der Waals surface area contributed by atoms with Crippen LogP contribution in [-0.2, 0) is 6.54 Å². The van der Waals surface area contributed by atoms with Gasteiger partial charge in [-0.3, -0.25) is 4.99 Å². The van der Waals surface area contributed by atoms with Crippen molar-refractivity contribution in [3.8, 4) is 0 Å². The Balaban J connectivity index is 0.00000361. The summed E-state index contributed by atoms with van der Waals surface area (Å²) in [7, 11) is 1.69. The summed E-state index contributed by atoms with van der Waals surface area (Å²) < 4.78 is 14.1. The minimum absolute atomic E-state index is 0. The fraction of sp³-hybridized carbons (Fsp3) is 0.308. The van der Waals surface area contributed by atoms with Crippen LogP contribution >= 0.6 is 51.7 Å². The molecule has 7 heteroatoms. The van der Waals surface area contributed by atoms with E-state index in [1.165, 1.54) is 12.1 Å². The van der Waals surface area contributed by atoms with Gasteiger partial charge in [0.25, 0.3) is 0 Å². The van der Waals surface area contributed by atoms with Gasteiger partial charge in [0.2, 0.25) is 0 Å². The Hall–Kier alpha value is -0.280. The van der Waals surface area contributed by atoms with E-state index >= 15 is 0 Å². The van der Waals surface area contributed by atoms with E-state index in [1.807, 2.05) is 6.26 Å². The minimum Gasteiger partial charge on any atom is -0.352 e. The van der Waals surface area contributed by atoms with Gasteiger partial charge in [-0.15, -0.1) is 35.7 Å². The van der Waals surface area contributed by atoms with E-state index in [4.69, 9.17) is 0 Å². The smallest absolute Gasteiger partial charge is 0.191 e. The number of nitrogens with one attached hydrogen (secondary N) is 2. The molecule has 1 rings (SSSR count). The van der Waals surface area contributed by atoms with E-state index in [9.17, 15) is 4.39 Å². The van der Waals surface area contributed by atoms with Crippen molar-refractivity contribution in [1.82, 2.24) is 10.6 Å². The number of hydrogen-bond acceptors (Lipinski definition) is 2. The van der Waals surface area contributed by atoms with Crippen LogP contribution in [0.1, 0.15) is 5.56 Å². The third kappa shape index (κ3) is 6.94. The molecule has 0 saturated carbocycles. The summed E-state index contributed by atoms with van der Waals surface area (Å²) >= 11 is 4.86. The molecule has 0 saturated heterocycles. The molecule has 0 aliphatic rings. The second-order valence-electron chi connectivity index (χ2n) is 3.75. The van der Waals surface area contributed by atoms with Crippen LogP contribution < -0.4 is 10.6 Å². The second kappa shape index (κ2) is 10.4. The third-order valence-corrected chi connectivity index (χ3v) is 3.48. The van der Waals surface area contributed by atoms with Gasteiger partial charge >= 0.3 is 0 Å². The first-order valence-electron chi connectivity index (χ1n) is 5.67. The lowest BCUT2D eigenvalue weighted by atomic mass is 10.2. The average Bonchev–Trinajstić information content (AvgIpc) is 2.39. The van der Waals surface area contributed by atoms with E-state index in [-0.39, 0.29) is 29.8 Å². The van der Waals surface area contributed by atoms with Crippen molar-refractivity contribution in [2.45, 2.75) is 11.4 Å². The van der Waals surface area contributed by atoms with Crippen LogP contribution in [0.15, 0.2) is 39.1 Å². The van der Waals surface area contributed by atoms with Crippen molar-refractivity contribution >= 4 is 57.6 Å². The molecule has 0 aliphatic heterocycles. The van der Waals surface area contributed by atoms with Gasteiger partial charge in [0.1, 0.15) is 5.82 Å². The Morgan fingerprint density at radius 1 is 1.45 bits per heavy atom. The fourth-order valence-electron chi connectivity index (χ4n) is 1.46. The van der Waals surface area contributed by atoms with Crippen LogP contribution in [0, 0.1) is 5.82 Å². The Morgan fingerprint density at radius 3 is 2.70 bits per heavy atom. The van der Waals surface area contributed by atoms with E-state index < -0.39 is 0 Å². The molecule has 3 nitrogen and oxygen atoms in total. The number of benzene rings is 1. The Morgan fingerprint density at radius 2 is 2.15 bits per heavy atom. The first-order chi connectivity index (χ1) is 9.06. The van der Waals surface area contributed by atoms with Crippen LogP contribution in [0.25, 0.3) is 0 Å². The standard InChI is InChI=1S/C13H17BrFN3S.HI/c1-9(14)7-17-13(16-2)18-8-10-6-11(15)4-5-12(10)19-3;/h4-6H,1,7-8H2,2-3H3,(H2,16,17,18);1H. The molecule has 0 heterocycles. The molecule has 0 fully saturated rings. The van der Waals surface area contributed by atoms with Gasteiger partial charge in [-0.25, -0.2) is 4.39 Å². The number of hydrogen-bond donors (Lipinski definition) is 2. The van der Waals surface area contributed by atoms with Crippen molar-refractivity contribution in [2.75, 3.05) is 19.8 Å². The summed E-state index contributed by atoms with van der Waals surface area (Å²) in [5.41, 5.74) is 0.910. The summed E-state index contributed by atoms with van der Waals surface area (Å²) in [5, 5.41) is 6.22. The molecule has 0 spiro atoms. The van der Waals surface area contributed by atoms with Gasteiger partial charge < -0.3 is 10.6 Å². The number of nitrogens with zero attached hydrogens (tertiary/aromatic N) is 1. The van der Waals surface area contributed by atoms with Gasteiger partial charge in [-0.05, 0) is 30.0 Å². The number of halogens is 3. The lowest BCUT2D eigenvalue weighted by molar-refractivity contribution is 0.622. The summed E-state index contributed by atoms with van der Waals surface area (Å²) in [6.45, 7) is 4.83. The van der Waals surface area contributed by atoms with Crippen LogP contribution in [-0.4, -0.2) is 25.8 Å². The SMILES string of the molecule is C=C(Br)CNC(=NC)NCc1cc(F)ccc1SC.I. The highest BCUT2D eigenvalue weighted by molar-refractivity contribution is 14.0. The van der Waals surface area contributed by atoms with Gasteiger partial charge in [-0.2, -0.15) is 0 Å². The molecule has 0 aromatic heterocycles. The molecular weight excluding hydrogens is 456 g/mol. The molecule has 2 N–H and O–H groups in total. The number of guanidine groups is 1. The molecule has 1 aromatic carbocycles. The molecule has 0 radical (unpaired) electrons. The first kappa shape index (κ1) is 19.7. The normalized spacial score (nSPS) is 10.7. The van der Waals surface area contributed by atoms with Gasteiger partial charge in [0.05, 0.1) is 0 Å². The summed E-state index contributed by atoms with van der Waals surface area (Å²) in [6.07, 6.45) is 1.97. The molecule has 0 aliphatic carbocycles. The molecule has 0 unspecified atom stereocenters. The third-order valence-electron chi connectivity index (χ3n) is 2.36. The van der Waals surface area contributed by atoms with Crippen LogP contribution in [0.2, 0.25) is 0 Å². The zero-order valence-corrected chi connectivity index (χ0v) is 16.1. The van der Waals surface area contributed by atoms with Crippen molar-refractivity contribution in [3.63, 3.8) is 0 Å². The molecule has 0 bridgehead atoms. The minimum atomic E-state index is -0.230. The zero-order chi connectivity index (χ0) is 14.3. The van der Waals surface area contributed by atoms with Gasteiger partial charge in [-0.1, -0.05) is 22.5 Å². The van der Waals surface area contributed by atoms with E-state index in [0.29, 0.717) is 19.0 Å². The molecule has 1 aromatic rings. The summed E-state index contributed by atoms with van der Waals surface area (Å²) in [4.78, 5) is 5.14. The maximum absolute atomic E-state index is 13.2. The van der Waals surface area contributed by atoms with E-state index in [2.05, 4.69) is 38.1 Å². The quantitative estimate of drug-likeness (QED) is 0.296. The monoisotopic (exact) mass is 473 g/mol. The number of rotatable bonds is 5. The van der Waals surface area contributed by atoms with Crippen LogP contribution in [0.3, 0.4) is 0 Å². The predicted molar refractivity (Wildman–Crippen MR) is 99.9 cm³/mol. The Kier molecular flexibility index (Phi) is 10.3. The average molecular weight is 474 g/mol. The lowest BCUT2D eigenvalue weighted by Gasteiger charge is -2.13. The summed E-state index contributed by atoms with van der Waals surface area (Å²) in [5.74, 6) is 0.420. The Bertz CT molecular complexity index is 483. The molecular formula is C13H18BrFIN3S. The number of aliphatic imine (C=N–C) groups is 1. The Labute approximate surface area is 149 Å². The van der Waals surface area contributed by atoms with E-state index in [0.717, 1.165) is 14.9 Å². The fourth-order valence-corrected chi connectivity index (χ4v) is 2.20.